The van der Waals surface area contributed by atoms with Crippen LogP contribution in [0, 0.1) is 22.9 Å². The Kier molecular flexibility index (Phi) is 5.89. The molecule has 0 atom stereocenters. The molecule has 3 rings (SSSR count). The molecule has 1 amide bonds. The summed E-state index contributed by atoms with van der Waals surface area (Å²) in [5.41, 5.74) is 1.72. The number of rotatable bonds is 5. The number of benzene rings is 2. The molecule has 0 unspecified atom stereocenters. The number of nitro groups is 1. The molecule has 0 radical (unpaired) electrons. The number of morpholine rings is 1. The van der Waals surface area contributed by atoms with Crippen molar-refractivity contribution in [3.63, 3.8) is 0 Å². The normalized spacial score (nSPS) is 14.0. The van der Waals surface area contributed by atoms with Gasteiger partial charge in [-0.3, -0.25) is 14.9 Å². The van der Waals surface area contributed by atoms with Gasteiger partial charge in [0.25, 0.3) is 11.6 Å². The fourth-order valence-electron chi connectivity index (χ4n) is 3.17. The number of carbonyl (C=O) groups is 1. The summed E-state index contributed by atoms with van der Waals surface area (Å²) in [6.45, 7) is 3.83. The van der Waals surface area contributed by atoms with E-state index in [9.17, 15) is 19.3 Å². The number of carbonyl (C=O) groups excluding carboxylic acids is 1. The number of ether oxygens (including phenoxy) is 1. The van der Waals surface area contributed by atoms with Crippen molar-refractivity contribution in [2.45, 2.75) is 13.5 Å². The quantitative estimate of drug-likeness (QED) is 0.582. The molecule has 1 aliphatic rings. The lowest BCUT2D eigenvalue weighted by atomic mass is 10.1. The van der Waals surface area contributed by atoms with Crippen LogP contribution in [0.3, 0.4) is 0 Å². The number of amides is 1. The van der Waals surface area contributed by atoms with E-state index in [1.54, 1.807) is 48.0 Å². The summed E-state index contributed by atoms with van der Waals surface area (Å²) in [4.78, 5) is 27.0. The van der Waals surface area contributed by atoms with E-state index < -0.39 is 4.92 Å². The predicted molar refractivity (Wildman–Crippen MR) is 103 cm³/mol. The largest absolute Gasteiger partial charge is 0.378 e. The fourth-order valence-corrected chi connectivity index (χ4v) is 3.17. The summed E-state index contributed by atoms with van der Waals surface area (Å²) in [7, 11) is 1.70. The van der Waals surface area contributed by atoms with Crippen LogP contribution in [0.5, 0.6) is 0 Å². The first-order valence-electron chi connectivity index (χ1n) is 8.98. The molecule has 0 N–H and O–H groups in total. The second-order valence-electron chi connectivity index (χ2n) is 6.80. The third-order valence-corrected chi connectivity index (χ3v) is 4.78. The minimum atomic E-state index is -0.502. The standard InChI is InChI=1S/C20H22FN3O4/c1-14-3-4-15(11-17(14)21)13-22(2)18-6-5-16(12-19(18)24(26)27)20(25)23-7-9-28-10-8-23/h3-6,11-12H,7-10,13H2,1-2H3. The van der Waals surface area contributed by atoms with Crippen LogP contribution in [-0.4, -0.2) is 49.1 Å². The van der Waals surface area contributed by atoms with Crippen molar-refractivity contribution in [2.24, 2.45) is 0 Å². The number of halogens is 1. The zero-order valence-electron chi connectivity index (χ0n) is 15.9. The van der Waals surface area contributed by atoms with Crippen LogP contribution in [0.2, 0.25) is 0 Å². The number of hydrogen-bond acceptors (Lipinski definition) is 5. The second kappa shape index (κ2) is 8.35. The maximum atomic E-state index is 13.8. The Labute approximate surface area is 162 Å². The number of nitrogens with zero attached hydrogens (tertiary/aromatic N) is 3. The van der Waals surface area contributed by atoms with E-state index in [-0.39, 0.29) is 23.0 Å². The Morgan fingerprint density at radius 3 is 2.61 bits per heavy atom. The van der Waals surface area contributed by atoms with Gasteiger partial charge in [-0.1, -0.05) is 12.1 Å². The Morgan fingerprint density at radius 2 is 1.96 bits per heavy atom. The summed E-state index contributed by atoms with van der Waals surface area (Å²) < 4.78 is 19.0. The zero-order valence-corrected chi connectivity index (χ0v) is 15.9. The van der Waals surface area contributed by atoms with Gasteiger partial charge in [0, 0.05) is 38.3 Å². The highest BCUT2D eigenvalue weighted by Gasteiger charge is 2.24. The van der Waals surface area contributed by atoms with Crippen LogP contribution < -0.4 is 4.90 Å². The SMILES string of the molecule is Cc1ccc(CN(C)c2ccc(C(=O)N3CCOCC3)cc2[N+](=O)[O-])cc1F. The molecule has 1 fully saturated rings. The molecule has 2 aromatic rings. The van der Waals surface area contributed by atoms with E-state index in [1.807, 2.05) is 0 Å². The van der Waals surface area contributed by atoms with Crippen LogP contribution in [0.15, 0.2) is 36.4 Å². The fraction of sp³-hybridized carbons (Fsp3) is 0.350. The molecule has 1 saturated heterocycles. The van der Waals surface area contributed by atoms with Gasteiger partial charge >= 0.3 is 0 Å². The van der Waals surface area contributed by atoms with Crippen LogP contribution in [-0.2, 0) is 11.3 Å². The van der Waals surface area contributed by atoms with Gasteiger partial charge in [0.05, 0.1) is 18.1 Å². The Morgan fingerprint density at radius 1 is 1.25 bits per heavy atom. The molecule has 7 nitrogen and oxygen atoms in total. The molecule has 148 valence electrons. The number of nitro benzene ring substituents is 1. The van der Waals surface area contributed by atoms with Crippen molar-refractivity contribution in [3.05, 3.63) is 69.0 Å². The molecule has 0 aliphatic carbocycles. The maximum Gasteiger partial charge on any atom is 0.293 e. The van der Waals surface area contributed by atoms with Gasteiger partial charge in [-0.15, -0.1) is 0 Å². The van der Waals surface area contributed by atoms with E-state index in [1.165, 1.54) is 12.1 Å². The minimum Gasteiger partial charge on any atom is -0.378 e. The Bertz CT molecular complexity index is 897. The van der Waals surface area contributed by atoms with Crippen LogP contribution in [0.25, 0.3) is 0 Å². The zero-order chi connectivity index (χ0) is 20.3. The molecule has 0 spiro atoms. The van der Waals surface area contributed by atoms with Gasteiger partial charge in [0.2, 0.25) is 0 Å². The van der Waals surface area contributed by atoms with E-state index in [0.717, 1.165) is 0 Å². The Hall–Kier alpha value is -3.00. The van der Waals surface area contributed by atoms with Gasteiger partial charge in [0.1, 0.15) is 11.5 Å². The molecule has 28 heavy (non-hydrogen) atoms. The van der Waals surface area contributed by atoms with Crippen LogP contribution >= 0.6 is 0 Å². The summed E-state index contributed by atoms with van der Waals surface area (Å²) in [5.74, 6) is -0.562. The molecule has 8 heteroatoms. The van der Waals surface area contributed by atoms with Crippen molar-refractivity contribution in [3.8, 4) is 0 Å². The Balaban J connectivity index is 1.84. The van der Waals surface area contributed by atoms with Gasteiger partial charge < -0.3 is 14.5 Å². The summed E-state index contributed by atoms with van der Waals surface area (Å²) in [5, 5.41) is 11.6. The highest BCUT2D eigenvalue weighted by Crippen LogP contribution is 2.30. The highest BCUT2D eigenvalue weighted by molar-refractivity contribution is 5.95. The van der Waals surface area contributed by atoms with E-state index in [4.69, 9.17) is 4.74 Å². The molecule has 0 saturated carbocycles. The van der Waals surface area contributed by atoms with Crippen molar-refractivity contribution in [1.82, 2.24) is 4.90 Å². The van der Waals surface area contributed by atoms with Crippen molar-refractivity contribution in [2.75, 3.05) is 38.3 Å². The van der Waals surface area contributed by atoms with Gasteiger partial charge in [0.15, 0.2) is 0 Å². The van der Waals surface area contributed by atoms with E-state index in [2.05, 4.69) is 0 Å². The van der Waals surface area contributed by atoms with Gasteiger partial charge in [-0.25, -0.2) is 4.39 Å². The molecule has 2 aromatic carbocycles. The average molecular weight is 387 g/mol. The van der Waals surface area contributed by atoms with Crippen molar-refractivity contribution >= 4 is 17.3 Å². The summed E-state index contributed by atoms with van der Waals surface area (Å²) in [6.07, 6.45) is 0. The van der Waals surface area contributed by atoms with Crippen LogP contribution in [0.1, 0.15) is 21.5 Å². The molecule has 0 bridgehead atoms. The molecular weight excluding hydrogens is 365 g/mol. The van der Waals surface area contributed by atoms with E-state index in [0.29, 0.717) is 49.7 Å². The van der Waals surface area contributed by atoms with Crippen molar-refractivity contribution in [1.29, 1.82) is 0 Å². The highest BCUT2D eigenvalue weighted by atomic mass is 19.1. The first kappa shape index (κ1) is 19.8. The van der Waals surface area contributed by atoms with Gasteiger partial charge in [-0.05, 0) is 36.2 Å². The smallest absolute Gasteiger partial charge is 0.293 e. The molecule has 1 heterocycles. The first-order valence-corrected chi connectivity index (χ1v) is 8.98. The monoisotopic (exact) mass is 387 g/mol. The minimum absolute atomic E-state index is 0.158. The molecule has 1 aliphatic heterocycles. The molecular formula is C20H22FN3O4. The number of anilines is 1. The lowest BCUT2D eigenvalue weighted by molar-refractivity contribution is -0.384. The predicted octanol–water partition coefficient (Wildman–Crippen LogP) is 3.15. The maximum absolute atomic E-state index is 13.8. The summed E-state index contributed by atoms with van der Waals surface area (Å²) >= 11 is 0. The first-order chi connectivity index (χ1) is 13.4. The molecule has 0 aromatic heterocycles. The summed E-state index contributed by atoms with van der Waals surface area (Å²) in [6, 6.07) is 9.35. The third kappa shape index (κ3) is 4.28. The lowest BCUT2D eigenvalue weighted by Gasteiger charge is -2.27. The topological polar surface area (TPSA) is 75.9 Å². The average Bonchev–Trinajstić information content (AvgIpc) is 2.70. The number of aryl methyl sites for hydroxylation is 1. The van der Waals surface area contributed by atoms with E-state index >= 15 is 0 Å². The lowest BCUT2D eigenvalue weighted by Crippen LogP contribution is -2.40. The van der Waals surface area contributed by atoms with Crippen LogP contribution in [0.4, 0.5) is 15.8 Å². The third-order valence-electron chi connectivity index (χ3n) is 4.78. The number of hydrogen-bond donors (Lipinski definition) is 0. The van der Waals surface area contributed by atoms with Gasteiger partial charge in [-0.2, -0.15) is 0 Å². The van der Waals surface area contributed by atoms with Crippen molar-refractivity contribution < 1.29 is 18.8 Å². The second-order valence-corrected chi connectivity index (χ2v) is 6.80.